The highest BCUT2D eigenvalue weighted by molar-refractivity contribution is 5.87. The van der Waals surface area contributed by atoms with Crippen molar-refractivity contribution in [3.8, 4) is 5.75 Å². The summed E-state index contributed by atoms with van der Waals surface area (Å²) in [6.07, 6.45) is 0. The van der Waals surface area contributed by atoms with E-state index in [1.54, 1.807) is 18.9 Å². The smallest absolute Gasteiger partial charge is 0.233 e. The molecule has 2 unspecified atom stereocenters. The molecular weight excluding hydrogens is 258 g/mol. The molecule has 0 fully saturated rings. The molecule has 2 atom stereocenters. The predicted octanol–water partition coefficient (Wildman–Crippen LogP) is 1.00. The van der Waals surface area contributed by atoms with Crippen molar-refractivity contribution in [3.05, 3.63) is 29.8 Å². The molecule has 1 aromatic carbocycles. The summed E-state index contributed by atoms with van der Waals surface area (Å²) in [6.45, 7) is 2.56. The highest BCUT2D eigenvalue weighted by atomic mass is 16.5. The number of benzene rings is 1. The Kier molecular flexibility index (Phi) is 4.12. The van der Waals surface area contributed by atoms with Gasteiger partial charge in [-0.2, -0.15) is 0 Å². The van der Waals surface area contributed by atoms with Crippen molar-refractivity contribution in [2.24, 2.45) is 16.8 Å². The van der Waals surface area contributed by atoms with Gasteiger partial charge in [0.25, 0.3) is 0 Å². The number of hydrogen-bond donors (Lipinski definition) is 2. The second-order valence-corrected chi connectivity index (χ2v) is 5.05. The molecule has 0 saturated carbocycles. The number of fused-ring (bicyclic) bond motifs is 1. The lowest BCUT2D eigenvalue weighted by atomic mass is 9.99. The Morgan fingerprint density at radius 1 is 1.60 bits per heavy atom. The molecule has 6 nitrogen and oxygen atoms in total. The number of amides is 1. The van der Waals surface area contributed by atoms with Crippen molar-refractivity contribution in [1.82, 2.24) is 4.90 Å². The average Bonchev–Trinajstić information content (AvgIpc) is 2.89. The van der Waals surface area contributed by atoms with Crippen LogP contribution in [-0.4, -0.2) is 42.0 Å². The highest BCUT2D eigenvalue weighted by Gasteiger charge is 2.32. The maximum atomic E-state index is 12.5. The van der Waals surface area contributed by atoms with Crippen molar-refractivity contribution >= 4 is 11.7 Å². The Morgan fingerprint density at radius 2 is 2.30 bits per heavy atom. The Labute approximate surface area is 117 Å². The molecule has 0 spiro atoms. The number of amidine groups is 1. The predicted molar refractivity (Wildman–Crippen MR) is 74.9 cm³/mol. The number of ether oxygens (including phenoxy) is 1. The van der Waals surface area contributed by atoms with E-state index < -0.39 is 0 Å². The van der Waals surface area contributed by atoms with Crippen LogP contribution in [0.5, 0.6) is 5.75 Å². The number of nitrogens with zero attached hydrogens (tertiary/aromatic N) is 2. The van der Waals surface area contributed by atoms with Gasteiger partial charge >= 0.3 is 0 Å². The SMILES string of the molecule is CC(CN(C)C(=O)C1COc2ccccc21)C(N)=NO. The number of likely N-dealkylation sites (N-methyl/N-ethyl adjacent to an activating group) is 1. The van der Waals surface area contributed by atoms with Gasteiger partial charge in [-0.25, -0.2) is 0 Å². The molecular formula is C14H19N3O3. The van der Waals surface area contributed by atoms with Crippen LogP contribution in [0.1, 0.15) is 18.4 Å². The van der Waals surface area contributed by atoms with Crippen molar-refractivity contribution in [2.75, 3.05) is 20.2 Å². The lowest BCUT2D eigenvalue weighted by molar-refractivity contribution is -0.132. The molecule has 108 valence electrons. The Hall–Kier alpha value is -2.24. The molecule has 1 aliphatic heterocycles. The molecule has 3 N–H and O–H groups in total. The Bertz CT molecular complexity index is 530. The maximum Gasteiger partial charge on any atom is 0.233 e. The van der Waals surface area contributed by atoms with E-state index >= 15 is 0 Å². The molecule has 6 heteroatoms. The van der Waals surface area contributed by atoms with Gasteiger partial charge < -0.3 is 20.6 Å². The van der Waals surface area contributed by atoms with E-state index in [0.29, 0.717) is 13.2 Å². The third-order valence-corrected chi connectivity index (χ3v) is 3.54. The normalized spacial score (nSPS) is 19.1. The Balaban J connectivity index is 2.06. The minimum atomic E-state index is -0.282. The minimum absolute atomic E-state index is 0.0208. The molecule has 1 aromatic rings. The van der Waals surface area contributed by atoms with E-state index in [2.05, 4.69) is 5.16 Å². The first-order valence-electron chi connectivity index (χ1n) is 6.48. The fourth-order valence-corrected chi connectivity index (χ4v) is 2.33. The molecule has 0 saturated heterocycles. The van der Waals surface area contributed by atoms with Crippen molar-refractivity contribution in [2.45, 2.75) is 12.8 Å². The van der Waals surface area contributed by atoms with Gasteiger partial charge in [-0.3, -0.25) is 4.79 Å². The average molecular weight is 277 g/mol. The second-order valence-electron chi connectivity index (χ2n) is 5.05. The van der Waals surface area contributed by atoms with Crippen LogP contribution >= 0.6 is 0 Å². The first-order valence-corrected chi connectivity index (χ1v) is 6.48. The van der Waals surface area contributed by atoms with Crippen LogP contribution in [0.3, 0.4) is 0 Å². The summed E-state index contributed by atoms with van der Waals surface area (Å²) in [5.74, 6) is 0.381. The van der Waals surface area contributed by atoms with Gasteiger partial charge in [-0.15, -0.1) is 0 Å². The number of nitrogens with two attached hydrogens (primary N) is 1. The molecule has 0 aromatic heterocycles. The van der Waals surface area contributed by atoms with E-state index in [-0.39, 0.29) is 23.6 Å². The van der Waals surface area contributed by atoms with Crippen LogP contribution in [0.25, 0.3) is 0 Å². The van der Waals surface area contributed by atoms with Crippen LogP contribution < -0.4 is 10.5 Å². The summed E-state index contributed by atoms with van der Waals surface area (Å²) in [7, 11) is 1.71. The van der Waals surface area contributed by atoms with Gasteiger partial charge in [0.1, 0.15) is 24.1 Å². The fraction of sp³-hybridized carbons (Fsp3) is 0.429. The summed E-state index contributed by atoms with van der Waals surface area (Å²) >= 11 is 0. The van der Waals surface area contributed by atoms with Crippen LogP contribution in [0.15, 0.2) is 29.4 Å². The number of carbonyl (C=O) groups excluding carboxylic acids is 1. The summed E-state index contributed by atoms with van der Waals surface area (Å²) < 4.78 is 5.52. The molecule has 1 aliphatic rings. The highest BCUT2D eigenvalue weighted by Crippen LogP contribution is 2.34. The van der Waals surface area contributed by atoms with Crippen molar-refractivity contribution in [1.29, 1.82) is 0 Å². The molecule has 0 bridgehead atoms. The fourth-order valence-electron chi connectivity index (χ4n) is 2.33. The molecule has 1 heterocycles. The van der Waals surface area contributed by atoms with Gasteiger partial charge in [-0.05, 0) is 6.07 Å². The second kappa shape index (κ2) is 5.81. The quantitative estimate of drug-likeness (QED) is 0.372. The van der Waals surface area contributed by atoms with Crippen LogP contribution in [0.2, 0.25) is 0 Å². The monoisotopic (exact) mass is 277 g/mol. The third kappa shape index (κ3) is 2.68. The summed E-state index contributed by atoms with van der Waals surface area (Å²) in [5, 5.41) is 11.6. The van der Waals surface area contributed by atoms with E-state index in [9.17, 15) is 4.79 Å². The van der Waals surface area contributed by atoms with Gasteiger partial charge in [-0.1, -0.05) is 30.3 Å². The minimum Gasteiger partial charge on any atom is -0.492 e. The maximum absolute atomic E-state index is 12.5. The zero-order chi connectivity index (χ0) is 14.7. The first kappa shape index (κ1) is 14.2. The lowest BCUT2D eigenvalue weighted by Gasteiger charge is -2.23. The lowest BCUT2D eigenvalue weighted by Crippen LogP contribution is -2.39. The van der Waals surface area contributed by atoms with E-state index in [1.165, 1.54) is 0 Å². The summed E-state index contributed by atoms with van der Waals surface area (Å²) in [4.78, 5) is 14.1. The summed E-state index contributed by atoms with van der Waals surface area (Å²) in [5.41, 5.74) is 6.45. The number of hydrogen-bond acceptors (Lipinski definition) is 4. The number of para-hydroxylation sites is 1. The molecule has 0 aliphatic carbocycles. The van der Waals surface area contributed by atoms with E-state index in [0.717, 1.165) is 11.3 Å². The zero-order valence-electron chi connectivity index (χ0n) is 11.6. The van der Waals surface area contributed by atoms with Gasteiger partial charge in [0.05, 0.1) is 0 Å². The van der Waals surface area contributed by atoms with Crippen molar-refractivity contribution in [3.63, 3.8) is 0 Å². The van der Waals surface area contributed by atoms with Crippen LogP contribution in [0.4, 0.5) is 0 Å². The third-order valence-electron chi connectivity index (χ3n) is 3.54. The standard InChI is InChI=1S/C14H19N3O3/c1-9(13(15)16-19)7-17(2)14(18)11-8-20-12-6-4-3-5-10(11)12/h3-6,9,11,19H,7-8H2,1-2H3,(H2,15,16). The topological polar surface area (TPSA) is 88.2 Å². The molecule has 2 rings (SSSR count). The molecule has 20 heavy (non-hydrogen) atoms. The molecule has 0 radical (unpaired) electrons. The summed E-state index contributed by atoms with van der Waals surface area (Å²) in [6, 6.07) is 7.55. The first-order chi connectivity index (χ1) is 9.54. The van der Waals surface area contributed by atoms with Crippen LogP contribution in [0, 0.1) is 5.92 Å². The van der Waals surface area contributed by atoms with Crippen molar-refractivity contribution < 1.29 is 14.7 Å². The molecule has 1 amide bonds. The number of rotatable bonds is 4. The van der Waals surface area contributed by atoms with E-state index in [1.807, 2.05) is 24.3 Å². The Morgan fingerprint density at radius 3 is 3.00 bits per heavy atom. The number of carbonyl (C=O) groups is 1. The largest absolute Gasteiger partial charge is 0.492 e. The zero-order valence-corrected chi connectivity index (χ0v) is 11.6. The van der Waals surface area contributed by atoms with Gasteiger partial charge in [0.15, 0.2) is 0 Å². The van der Waals surface area contributed by atoms with Crippen LogP contribution in [-0.2, 0) is 4.79 Å². The van der Waals surface area contributed by atoms with Gasteiger partial charge in [0, 0.05) is 25.1 Å². The van der Waals surface area contributed by atoms with Gasteiger partial charge in [0.2, 0.25) is 5.91 Å². The van der Waals surface area contributed by atoms with E-state index in [4.69, 9.17) is 15.7 Å². The number of oxime groups is 1.